The maximum absolute atomic E-state index is 5.16. The molecule has 0 saturated heterocycles. The highest BCUT2D eigenvalue weighted by Gasteiger charge is 2.34. The number of rotatable bonds is 2. The van der Waals surface area contributed by atoms with Gasteiger partial charge in [-0.3, -0.25) is 0 Å². The van der Waals surface area contributed by atoms with Gasteiger partial charge in [-0.25, -0.2) is 9.97 Å². The maximum atomic E-state index is 5.16. The van der Waals surface area contributed by atoms with Crippen molar-refractivity contribution in [2.24, 2.45) is 0 Å². The largest absolute Gasteiger partial charge is 0.309 e. The van der Waals surface area contributed by atoms with Crippen molar-refractivity contribution in [1.82, 2.24) is 14.5 Å². The van der Waals surface area contributed by atoms with Gasteiger partial charge in [0.05, 0.1) is 39.1 Å². The van der Waals surface area contributed by atoms with Crippen molar-refractivity contribution in [1.29, 1.82) is 0 Å². The topological polar surface area (TPSA) is 30.7 Å². The van der Waals surface area contributed by atoms with Gasteiger partial charge in [0.1, 0.15) is 0 Å². The van der Waals surface area contributed by atoms with Gasteiger partial charge < -0.3 is 4.57 Å². The third-order valence-corrected chi connectivity index (χ3v) is 8.17. The quantitative estimate of drug-likeness (QED) is 0.244. The second kappa shape index (κ2) is 7.62. The lowest BCUT2D eigenvalue weighted by molar-refractivity contribution is 0.630. The van der Waals surface area contributed by atoms with E-state index in [1.807, 2.05) is 30.3 Å². The maximum Gasteiger partial charge on any atom is 0.0973 e. The summed E-state index contributed by atoms with van der Waals surface area (Å²) in [5, 5.41) is 2.51. The van der Waals surface area contributed by atoms with E-state index >= 15 is 0 Å². The molecule has 0 amide bonds. The molecule has 1 aliphatic heterocycles. The van der Waals surface area contributed by atoms with Crippen LogP contribution in [-0.2, 0) is 5.41 Å². The van der Waals surface area contributed by atoms with Gasteiger partial charge in [0, 0.05) is 27.3 Å². The van der Waals surface area contributed by atoms with Crippen LogP contribution in [0.2, 0.25) is 0 Å². The van der Waals surface area contributed by atoms with Gasteiger partial charge in [0.2, 0.25) is 0 Å². The van der Waals surface area contributed by atoms with E-state index in [1.54, 1.807) is 0 Å². The molecular formula is C35H25N3. The summed E-state index contributed by atoms with van der Waals surface area (Å²) >= 11 is 0. The summed E-state index contributed by atoms with van der Waals surface area (Å²) in [5.74, 6) is 0. The molecule has 0 fully saturated rings. The Morgan fingerprint density at radius 2 is 1.21 bits per heavy atom. The van der Waals surface area contributed by atoms with Gasteiger partial charge in [-0.1, -0.05) is 98.8 Å². The zero-order valence-electron chi connectivity index (χ0n) is 21.3. The minimum Gasteiger partial charge on any atom is -0.309 e. The first-order chi connectivity index (χ1) is 18.6. The average Bonchev–Trinajstić information content (AvgIpc) is 3.30. The van der Waals surface area contributed by atoms with E-state index in [2.05, 4.69) is 103 Å². The number of nitrogens with zero attached hydrogens (tertiary/aromatic N) is 3. The lowest BCUT2D eigenvalue weighted by atomic mass is 9.75. The summed E-state index contributed by atoms with van der Waals surface area (Å²) in [4.78, 5) is 10.2. The number of aromatic nitrogens is 3. The van der Waals surface area contributed by atoms with Crippen molar-refractivity contribution in [3.8, 4) is 28.2 Å². The molecule has 38 heavy (non-hydrogen) atoms. The number of para-hydroxylation sites is 4. The third-order valence-electron chi connectivity index (χ3n) is 8.17. The lowest BCUT2D eigenvalue weighted by Crippen LogP contribution is -2.26. The number of benzene rings is 5. The SMILES string of the molecule is CC1(C)c2ccccc2-n2c3ccc(-c4nc5ccccc5nc4-c4ccccc4)cc3c3cccc1c32. The molecule has 0 saturated carbocycles. The van der Waals surface area contributed by atoms with Crippen LogP contribution in [-0.4, -0.2) is 14.5 Å². The highest BCUT2D eigenvalue weighted by molar-refractivity contribution is 6.12. The van der Waals surface area contributed by atoms with E-state index in [4.69, 9.17) is 9.97 Å². The Morgan fingerprint density at radius 1 is 0.553 bits per heavy atom. The first-order valence-corrected chi connectivity index (χ1v) is 13.1. The smallest absolute Gasteiger partial charge is 0.0973 e. The molecule has 0 atom stereocenters. The predicted octanol–water partition coefficient (Wildman–Crippen LogP) is 8.70. The van der Waals surface area contributed by atoms with E-state index in [-0.39, 0.29) is 5.41 Å². The molecule has 2 aromatic heterocycles. The molecule has 1 aliphatic rings. The molecule has 3 heterocycles. The summed E-state index contributed by atoms with van der Waals surface area (Å²) < 4.78 is 2.45. The summed E-state index contributed by atoms with van der Waals surface area (Å²) in [6.45, 7) is 4.67. The molecule has 3 nitrogen and oxygen atoms in total. The average molecular weight is 488 g/mol. The summed E-state index contributed by atoms with van der Waals surface area (Å²) in [7, 11) is 0. The van der Waals surface area contributed by atoms with Gasteiger partial charge >= 0.3 is 0 Å². The molecule has 0 radical (unpaired) electrons. The van der Waals surface area contributed by atoms with Crippen molar-refractivity contribution in [2.45, 2.75) is 19.3 Å². The first-order valence-electron chi connectivity index (χ1n) is 13.1. The Hall–Kier alpha value is -4.76. The summed E-state index contributed by atoms with van der Waals surface area (Å²) in [5.41, 5.74) is 12.2. The van der Waals surface area contributed by atoms with E-state index < -0.39 is 0 Å². The molecule has 180 valence electrons. The van der Waals surface area contributed by atoms with Crippen molar-refractivity contribution in [3.05, 3.63) is 126 Å². The second-order valence-electron chi connectivity index (χ2n) is 10.7. The Bertz CT molecular complexity index is 2050. The molecule has 3 heteroatoms. The van der Waals surface area contributed by atoms with Gasteiger partial charge in [-0.05, 0) is 41.5 Å². The van der Waals surface area contributed by atoms with Gasteiger partial charge in [0.25, 0.3) is 0 Å². The molecule has 0 N–H and O–H groups in total. The highest BCUT2D eigenvalue weighted by atomic mass is 15.0. The minimum atomic E-state index is -0.0758. The Kier molecular flexibility index (Phi) is 4.28. The van der Waals surface area contributed by atoms with Crippen LogP contribution in [0.5, 0.6) is 0 Å². The summed E-state index contributed by atoms with van der Waals surface area (Å²) in [6.07, 6.45) is 0. The fraction of sp³-hybridized carbons (Fsp3) is 0.0857. The van der Waals surface area contributed by atoms with E-state index in [1.165, 1.54) is 38.6 Å². The van der Waals surface area contributed by atoms with Crippen LogP contribution in [0.25, 0.3) is 61.0 Å². The first kappa shape index (κ1) is 21.3. The fourth-order valence-electron chi connectivity index (χ4n) is 6.31. The highest BCUT2D eigenvalue weighted by Crippen LogP contribution is 2.47. The molecule has 8 rings (SSSR count). The van der Waals surface area contributed by atoms with E-state index in [0.29, 0.717) is 0 Å². The molecule has 0 unspecified atom stereocenters. The van der Waals surface area contributed by atoms with Crippen LogP contribution < -0.4 is 0 Å². The van der Waals surface area contributed by atoms with Crippen LogP contribution in [0.1, 0.15) is 25.0 Å². The van der Waals surface area contributed by atoms with Gasteiger partial charge in [0.15, 0.2) is 0 Å². The van der Waals surface area contributed by atoms with Crippen molar-refractivity contribution >= 4 is 32.8 Å². The van der Waals surface area contributed by atoms with Crippen LogP contribution >= 0.6 is 0 Å². The molecular weight excluding hydrogens is 462 g/mol. The second-order valence-corrected chi connectivity index (χ2v) is 10.7. The van der Waals surface area contributed by atoms with Gasteiger partial charge in [-0.15, -0.1) is 0 Å². The monoisotopic (exact) mass is 487 g/mol. The Morgan fingerprint density at radius 3 is 2.00 bits per heavy atom. The molecule has 7 aromatic rings. The lowest BCUT2D eigenvalue weighted by Gasteiger charge is -2.34. The standard InChI is InChI=1S/C35H25N3/c1-35(2)26-14-6-9-18-31(26)38-30-20-19-23(21-25(30)24-13-10-15-27(35)34(24)38)33-32(22-11-4-3-5-12-22)36-28-16-7-8-17-29(28)37-33/h3-21H,1-2H3. The zero-order valence-corrected chi connectivity index (χ0v) is 21.3. The number of hydrogen-bond acceptors (Lipinski definition) is 2. The number of hydrogen-bond donors (Lipinski definition) is 0. The van der Waals surface area contributed by atoms with Crippen molar-refractivity contribution < 1.29 is 0 Å². The van der Waals surface area contributed by atoms with Crippen LogP contribution in [0, 0.1) is 0 Å². The van der Waals surface area contributed by atoms with Crippen LogP contribution in [0.4, 0.5) is 0 Å². The zero-order chi connectivity index (χ0) is 25.4. The van der Waals surface area contributed by atoms with Crippen LogP contribution in [0.15, 0.2) is 115 Å². The Labute approximate surface area is 221 Å². The fourth-order valence-corrected chi connectivity index (χ4v) is 6.31. The normalized spacial score (nSPS) is 13.7. The Balaban J connectivity index is 1.46. The number of fused-ring (bicyclic) bond motifs is 6. The third kappa shape index (κ3) is 2.84. The van der Waals surface area contributed by atoms with Gasteiger partial charge in [-0.2, -0.15) is 0 Å². The molecule has 0 spiro atoms. The molecule has 0 bridgehead atoms. The van der Waals surface area contributed by atoms with Crippen LogP contribution in [0.3, 0.4) is 0 Å². The van der Waals surface area contributed by atoms with Crippen molar-refractivity contribution in [2.75, 3.05) is 0 Å². The molecule has 0 aliphatic carbocycles. The predicted molar refractivity (Wildman–Crippen MR) is 157 cm³/mol. The van der Waals surface area contributed by atoms with Crippen molar-refractivity contribution in [3.63, 3.8) is 0 Å². The van der Waals surface area contributed by atoms with E-state index in [9.17, 15) is 0 Å². The molecule has 5 aromatic carbocycles. The minimum absolute atomic E-state index is 0.0758. The van der Waals surface area contributed by atoms with E-state index in [0.717, 1.165) is 33.5 Å². The summed E-state index contributed by atoms with van der Waals surface area (Å²) in [6, 6.07) is 40.8.